The highest BCUT2D eigenvalue weighted by molar-refractivity contribution is 5.96. The smallest absolute Gasteiger partial charge is 0.251 e. The van der Waals surface area contributed by atoms with Gasteiger partial charge in [-0.15, -0.1) is 0 Å². The van der Waals surface area contributed by atoms with Crippen LogP contribution in [0.1, 0.15) is 37.0 Å². The third-order valence-electron chi connectivity index (χ3n) is 3.10. The molecule has 5 N–H and O–H groups in total. The lowest BCUT2D eigenvalue weighted by Crippen LogP contribution is -2.35. The number of hydrogen-bond acceptors (Lipinski definition) is 4. The largest absolute Gasteiger partial charge is 0.397 e. The van der Waals surface area contributed by atoms with Gasteiger partial charge in [-0.3, -0.25) is 9.59 Å². The van der Waals surface area contributed by atoms with E-state index in [2.05, 4.69) is 12.2 Å². The minimum atomic E-state index is -0.404. The minimum absolute atomic E-state index is 0.116. The Morgan fingerprint density at radius 1 is 1.29 bits per heavy atom. The van der Waals surface area contributed by atoms with Crippen molar-refractivity contribution in [2.45, 2.75) is 26.7 Å². The van der Waals surface area contributed by atoms with Crippen LogP contribution in [0.25, 0.3) is 0 Å². The maximum Gasteiger partial charge on any atom is 0.251 e. The zero-order chi connectivity index (χ0) is 15.8. The van der Waals surface area contributed by atoms with E-state index in [1.165, 1.54) is 0 Å². The molecule has 0 spiro atoms. The van der Waals surface area contributed by atoms with E-state index in [4.69, 9.17) is 11.5 Å². The highest BCUT2D eigenvalue weighted by atomic mass is 16.2. The average Bonchev–Trinajstić information content (AvgIpc) is 2.43. The van der Waals surface area contributed by atoms with Crippen LogP contribution in [0, 0.1) is 0 Å². The molecular formula is C15H24N4O2. The van der Waals surface area contributed by atoms with Gasteiger partial charge in [-0.25, -0.2) is 0 Å². The molecule has 1 aromatic carbocycles. The molecule has 116 valence electrons. The van der Waals surface area contributed by atoms with Crippen LogP contribution >= 0.6 is 0 Å². The van der Waals surface area contributed by atoms with Crippen molar-refractivity contribution in [3.8, 4) is 0 Å². The van der Waals surface area contributed by atoms with Crippen LogP contribution in [0.2, 0.25) is 0 Å². The van der Waals surface area contributed by atoms with Gasteiger partial charge in [0.2, 0.25) is 5.91 Å². The third-order valence-corrected chi connectivity index (χ3v) is 3.10. The Kier molecular flexibility index (Phi) is 6.52. The fraction of sp³-hybridized carbons (Fsp3) is 0.467. The van der Waals surface area contributed by atoms with E-state index in [0.717, 1.165) is 18.5 Å². The molecule has 21 heavy (non-hydrogen) atoms. The Balaban J connectivity index is 2.98. The molecule has 1 rings (SSSR count). The number of benzene rings is 1. The summed E-state index contributed by atoms with van der Waals surface area (Å²) in [6.45, 7) is 5.30. The number of anilines is 2. The quantitative estimate of drug-likeness (QED) is 0.625. The van der Waals surface area contributed by atoms with E-state index in [1.807, 2.05) is 11.8 Å². The van der Waals surface area contributed by atoms with E-state index in [1.54, 1.807) is 18.2 Å². The van der Waals surface area contributed by atoms with E-state index in [-0.39, 0.29) is 12.5 Å². The van der Waals surface area contributed by atoms with Crippen molar-refractivity contribution in [2.24, 2.45) is 5.73 Å². The number of rotatable bonds is 8. The molecule has 0 heterocycles. The summed E-state index contributed by atoms with van der Waals surface area (Å²) in [5.74, 6) is -0.566. The highest BCUT2D eigenvalue weighted by Gasteiger charge is 2.14. The van der Waals surface area contributed by atoms with Crippen molar-refractivity contribution in [1.82, 2.24) is 5.32 Å². The van der Waals surface area contributed by atoms with Gasteiger partial charge in [-0.2, -0.15) is 0 Å². The van der Waals surface area contributed by atoms with Crippen molar-refractivity contribution >= 4 is 23.2 Å². The molecule has 0 saturated carbocycles. The van der Waals surface area contributed by atoms with Crippen LogP contribution in [-0.2, 0) is 4.79 Å². The summed E-state index contributed by atoms with van der Waals surface area (Å²) in [6, 6.07) is 5.09. The van der Waals surface area contributed by atoms with Crippen LogP contribution in [0.3, 0.4) is 0 Å². The van der Waals surface area contributed by atoms with Crippen molar-refractivity contribution in [2.75, 3.05) is 30.3 Å². The maximum atomic E-state index is 11.8. The first kappa shape index (κ1) is 16.8. The van der Waals surface area contributed by atoms with E-state index in [0.29, 0.717) is 24.3 Å². The first-order valence-electron chi connectivity index (χ1n) is 7.20. The molecule has 6 nitrogen and oxygen atoms in total. The topological polar surface area (TPSA) is 101 Å². The Morgan fingerprint density at radius 2 is 2.00 bits per heavy atom. The highest BCUT2D eigenvalue weighted by Crippen LogP contribution is 2.24. The van der Waals surface area contributed by atoms with Gasteiger partial charge in [0.1, 0.15) is 0 Å². The summed E-state index contributed by atoms with van der Waals surface area (Å²) in [6.07, 6.45) is 1.94. The van der Waals surface area contributed by atoms with Crippen LogP contribution in [0.4, 0.5) is 11.4 Å². The van der Waals surface area contributed by atoms with E-state index >= 15 is 0 Å². The fourth-order valence-electron chi connectivity index (χ4n) is 2.07. The van der Waals surface area contributed by atoms with E-state index < -0.39 is 5.91 Å². The zero-order valence-corrected chi connectivity index (χ0v) is 12.7. The maximum absolute atomic E-state index is 11.8. The second-order valence-corrected chi connectivity index (χ2v) is 4.87. The van der Waals surface area contributed by atoms with Gasteiger partial charge >= 0.3 is 0 Å². The molecule has 0 saturated heterocycles. The average molecular weight is 292 g/mol. The number of nitrogen functional groups attached to an aromatic ring is 1. The Labute approximate surface area is 125 Å². The van der Waals surface area contributed by atoms with Crippen molar-refractivity contribution < 1.29 is 9.59 Å². The van der Waals surface area contributed by atoms with Gasteiger partial charge in [-0.05, 0) is 31.5 Å². The second-order valence-electron chi connectivity index (χ2n) is 4.87. The van der Waals surface area contributed by atoms with Crippen molar-refractivity contribution in [3.05, 3.63) is 23.8 Å². The number of carbonyl (C=O) groups is 2. The van der Waals surface area contributed by atoms with Crippen LogP contribution in [0.5, 0.6) is 0 Å². The number of nitrogens with zero attached hydrogens (tertiary/aromatic N) is 1. The van der Waals surface area contributed by atoms with Gasteiger partial charge in [0.25, 0.3) is 5.91 Å². The van der Waals surface area contributed by atoms with Gasteiger partial charge < -0.3 is 21.7 Å². The van der Waals surface area contributed by atoms with Gasteiger partial charge in [0.05, 0.1) is 17.9 Å². The number of unbranched alkanes of at least 4 members (excludes halogenated alkanes) is 1. The normalized spacial score (nSPS) is 10.2. The van der Waals surface area contributed by atoms with Crippen LogP contribution in [0.15, 0.2) is 18.2 Å². The molecule has 1 aromatic rings. The minimum Gasteiger partial charge on any atom is -0.397 e. The fourth-order valence-corrected chi connectivity index (χ4v) is 2.07. The van der Waals surface area contributed by atoms with Gasteiger partial charge in [-0.1, -0.05) is 13.3 Å². The summed E-state index contributed by atoms with van der Waals surface area (Å²) < 4.78 is 0. The van der Waals surface area contributed by atoms with Crippen molar-refractivity contribution in [1.29, 1.82) is 0 Å². The first-order valence-corrected chi connectivity index (χ1v) is 7.20. The number of carbonyl (C=O) groups excluding carboxylic acids is 2. The Morgan fingerprint density at radius 3 is 2.52 bits per heavy atom. The summed E-state index contributed by atoms with van der Waals surface area (Å²) in [4.78, 5) is 24.8. The summed E-state index contributed by atoms with van der Waals surface area (Å²) >= 11 is 0. The Hall–Kier alpha value is -2.24. The molecule has 0 aliphatic heterocycles. The number of amides is 2. The van der Waals surface area contributed by atoms with Crippen LogP contribution in [-0.4, -0.2) is 31.4 Å². The molecule has 0 atom stereocenters. The van der Waals surface area contributed by atoms with Crippen molar-refractivity contribution in [3.63, 3.8) is 0 Å². The molecule has 0 aliphatic carbocycles. The second kappa shape index (κ2) is 8.14. The number of nitrogens with two attached hydrogens (primary N) is 2. The molecule has 0 bridgehead atoms. The van der Waals surface area contributed by atoms with Gasteiger partial charge in [0, 0.05) is 18.7 Å². The predicted molar refractivity (Wildman–Crippen MR) is 85.2 cm³/mol. The standard InChI is InChI=1S/C15H24N4O2/c1-3-5-8-19(10-14(17)20)13-7-6-11(9-12(13)16)15(21)18-4-2/h6-7,9H,3-5,8,10,16H2,1-2H3,(H2,17,20)(H,18,21). The number of nitrogens with one attached hydrogen (secondary N) is 1. The van der Waals surface area contributed by atoms with Crippen LogP contribution < -0.4 is 21.7 Å². The first-order chi connectivity index (χ1) is 9.99. The number of hydrogen-bond donors (Lipinski definition) is 3. The molecule has 6 heteroatoms. The molecular weight excluding hydrogens is 268 g/mol. The lowest BCUT2D eigenvalue weighted by atomic mass is 10.1. The molecule has 0 fully saturated rings. The lowest BCUT2D eigenvalue weighted by Gasteiger charge is -2.25. The predicted octanol–water partition coefficient (Wildman–Crippen LogP) is 1.11. The SMILES string of the molecule is CCCCN(CC(N)=O)c1ccc(C(=O)NCC)cc1N. The zero-order valence-electron chi connectivity index (χ0n) is 12.7. The molecule has 0 aromatic heterocycles. The monoisotopic (exact) mass is 292 g/mol. The summed E-state index contributed by atoms with van der Waals surface area (Å²) in [5.41, 5.74) is 13.0. The molecule has 0 radical (unpaired) electrons. The molecule has 0 aliphatic rings. The molecule has 2 amide bonds. The lowest BCUT2D eigenvalue weighted by molar-refractivity contribution is -0.116. The van der Waals surface area contributed by atoms with E-state index in [9.17, 15) is 9.59 Å². The summed E-state index contributed by atoms with van der Waals surface area (Å²) in [7, 11) is 0. The Bertz CT molecular complexity index is 502. The molecule has 0 unspecified atom stereocenters. The summed E-state index contributed by atoms with van der Waals surface area (Å²) in [5, 5.41) is 2.72. The number of primary amides is 1. The van der Waals surface area contributed by atoms with Gasteiger partial charge in [0.15, 0.2) is 0 Å². The third kappa shape index (κ3) is 4.98.